The zero-order valence-electron chi connectivity index (χ0n) is 15.4. The molecule has 0 bridgehead atoms. The van der Waals surface area contributed by atoms with E-state index in [0.29, 0.717) is 35.9 Å². The number of rotatable bonds is 3. The number of anilines is 1. The van der Waals surface area contributed by atoms with Gasteiger partial charge in [0.15, 0.2) is 0 Å². The Morgan fingerprint density at radius 2 is 2.04 bits per heavy atom. The minimum atomic E-state index is -0.567. The highest BCUT2D eigenvalue weighted by Gasteiger charge is 2.36. The van der Waals surface area contributed by atoms with Gasteiger partial charge in [-0.1, -0.05) is 6.07 Å². The van der Waals surface area contributed by atoms with Crippen molar-refractivity contribution in [1.82, 2.24) is 14.9 Å². The molecule has 1 aliphatic heterocycles. The van der Waals surface area contributed by atoms with Crippen LogP contribution in [0.15, 0.2) is 30.5 Å². The molecule has 7 heteroatoms. The molecule has 0 N–H and O–H groups in total. The first kappa shape index (κ1) is 17.8. The molecular weight excluding hydrogens is 332 g/mol. The highest BCUT2D eigenvalue weighted by atomic mass is 16.5. The number of ether oxygens (including phenoxy) is 1. The highest BCUT2D eigenvalue weighted by molar-refractivity contribution is 6.03. The van der Waals surface area contributed by atoms with E-state index in [1.165, 1.54) is 6.20 Å². The van der Waals surface area contributed by atoms with E-state index >= 15 is 0 Å². The molecule has 1 atom stereocenters. The molecule has 3 rings (SSSR count). The molecule has 1 aromatic heterocycles. The van der Waals surface area contributed by atoms with Gasteiger partial charge in [0, 0.05) is 31.0 Å². The van der Waals surface area contributed by atoms with Gasteiger partial charge in [-0.3, -0.25) is 9.59 Å². The molecule has 1 unspecified atom stereocenters. The third-order valence-electron chi connectivity index (χ3n) is 4.61. The summed E-state index contributed by atoms with van der Waals surface area (Å²) in [6.45, 7) is 6.17. The number of hydrogen-bond donors (Lipinski definition) is 0. The predicted octanol–water partition coefficient (Wildman–Crippen LogP) is 1.98. The summed E-state index contributed by atoms with van der Waals surface area (Å²) in [5.41, 5.74) is 1.82. The van der Waals surface area contributed by atoms with Crippen LogP contribution >= 0.6 is 0 Å². The van der Waals surface area contributed by atoms with Crippen molar-refractivity contribution < 1.29 is 14.3 Å². The molecule has 1 fully saturated rings. The van der Waals surface area contributed by atoms with Crippen molar-refractivity contribution in [1.29, 1.82) is 0 Å². The number of aromatic nitrogens is 2. The molecule has 2 heterocycles. The Kier molecular flexibility index (Phi) is 4.88. The summed E-state index contributed by atoms with van der Waals surface area (Å²) in [6.07, 6.45) is 1.53. The van der Waals surface area contributed by atoms with Gasteiger partial charge >= 0.3 is 0 Å². The fraction of sp³-hybridized carbons (Fsp3) is 0.368. The summed E-state index contributed by atoms with van der Waals surface area (Å²) in [6, 6.07) is 6.79. The zero-order chi connectivity index (χ0) is 18.8. The van der Waals surface area contributed by atoms with Crippen molar-refractivity contribution in [2.75, 3.05) is 25.1 Å². The van der Waals surface area contributed by atoms with Crippen LogP contribution in [-0.2, 0) is 4.79 Å². The Labute approximate surface area is 152 Å². The average Bonchev–Trinajstić information content (AvgIpc) is 2.63. The van der Waals surface area contributed by atoms with Gasteiger partial charge in [0.2, 0.25) is 5.91 Å². The monoisotopic (exact) mass is 354 g/mol. The van der Waals surface area contributed by atoms with Crippen LogP contribution in [0.1, 0.15) is 28.8 Å². The van der Waals surface area contributed by atoms with Crippen molar-refractivity contribution in [2.45, 2.75) is 26.8 Å². The maximum absolute atomic E-state index is 12.9. The molecule has 1 saturated heterocycles. The molecule has 0 aliphatic carbocycles. The van der Waals surface area contributed by atoms with Gasteiger partial charge in [-0.2, -0.15) is 0 Å². The second-order valence-electron chi connectivity index (χ2n) is 6.28. The van der Waals surface area contributed by atoms with Gasteiger partial charge in [-0.15, -0.1) is 0 Å². The Bertz CT molecular complexity index is 852. The summed E-state index contributed by atoms with van der Waals surface area (Å²) in [5, 5.41) is 0. The van der Waals surface area contributed by atoms with Crippen LogP contribution in [0.2, 0.25) is 0 Å². The van der Waals surface area contributed by atoms with Gasteiger partial charge in [-0.05, 0) is 32.9 Å². The first-order chi connectivity index (χ1) is 12.4. The van der Waals surface area contributed by atoms with Crippen LogP contribution in [0.4, 0.5) is 5.69 Å². The molecule has 0 spiro atoms. The number of amides is 2. The smallest absolute Gasteiger partial charge is 0.258 e. The fourth-order valence-corrected chi connectivity index (χ4v) is 3.13. The lowest BCUT2D eigenvalue weighted by Crippen LogP contribution is -2.57. The number of methoxy groups -OCH3 is 1. The minimum Gasteiger partial charge on any atom is -0.497 e. The quantitative estimate of drug-likeness (QED) is 0.842. The van der Waals surface area contributed by atoms with Crippen LogP contribution in [-0.4, -0.2) is 52.9 Å². The van der Waals surface area contributed by atoms with Gasteiger partial charge in [0.25, 0.3) is 5.91 Å². The Balaban J connectivity index is 1.82. The summed E-state index contributed by atoms with van der Waals surface area (Å²) in [5.74, 6) is 0.970. The van der Waals surface area contributed by atoms with Crippen LogP contribution in [0.5, 0.6) is 5.75 Å². The van der Waals surface area contributed by atoms with E-state index < -0.39 is 6.04 Å². The van der Waals surface area contributed by atoms with Crippen LogP contribution < -0.4 is 9.64 Å². The maximum Gasteiger partial charge on any atom is 0.258 e. The number of carbonyl (C=O) groups is 2. The normalized spacial score (nSPS) is 17.4. The standard InChI is InChI=1S/C19H22N4O3/c1-12-17(11-20-14(3)21-12)19(25)22-8-9-23(18(24)13(22)2)15-6-5-7-16(10-15)26-4/h5-7,10-11,13H,8-9H2,1-4H3. The molecule has 136 valence electrons. The van der Waals surface area contributed by atoms with Crippen molar-refractivity contribution in [3.63, 3.8) is 0 Å². The van der Waals surface area contributed by atoms with Gasteiger partial charge in [-0.25, -0.2) is 9.97 Å². The number of nitrogens with zero attached hydrogens (tertiary/aromatic N) is 4. The lowest BCUT2D eigenvalue weighted by Gasteiger charge is -2.39. The summed E-state index contributed by atoms with van der Waals surface area (Å²) < 4.78 is 5.23. The van der Waals surface area contributed by atoms with Gasteiger partial charge < -0.3 is 14.5 Å². The molecule has 7 nitrogen and oxygen atoms in total. The minimum absolute atomic E-state index is 0.122. The molecule has 2 amide bonds. The van der Waals surface area contributed by atoms with Crippen LogP contribution in [0, 0.1) is 13.8 Å². The summed E-state index contributed by atoms with van der Waals surface area (Å²) in [4.78, 5) is 37.4. The fourth-order valence-electron chi connectivity index (χ4n) is 3.13. The summed E-state index contributed by atoms with van der Waals surface area (Å²) >= 11 is 0. The van der Waals surface area contributed by atoms with Crippen molar-refractivity contribution in [2.24, 2.45) is 0 Å². The molecular formula is C19H22N4O3. The second-order valence-corrected chi connectivity index (χ2v) is 6.28. The van der Waals surface area contributed by atoms with E-state index in [9.17, 15) is 9.59 Å². The van der Waals surface area contributed by atoms with Crippen molar-refractivity contribution in [3.8, 4) is 5.75 Å². The molecule has 1 aliphatic rings. The molecule has 1 aromatic carbocycles. The van der Waals surface area contributed by atoms with E-state index in [1.807, 2.05) is 24.3 Å². The first-order valence-corrected chi connectivity index (χ1v) is 8.49. The SMILES string of the molecule is COc1cccc(N2CCN(C(=O)c3cnc(C)nc3C)C(C)C2=O)c1. The summed E-state index contributed by atoms with van der Waals surface area (Å²) in [7, 11) is 1.59. The predicted molar refractivity (Wildman–Crippen MR) is 97.4 cm³/mol. The van der Waals surface area contributed by atoms with Crippen LogP contribution in [0.25, 0.3) is 0 Å². The maximum atomic E-state index is 12.9. The van der Waals surface area contributed by atoms with E-state index in [4.69, 9.17) is 4.74 Å². The van der Waals surface area contributed by atoms with Gasteiger partial charge in [0.05, 0.1) is 18.4 Å². The number of carbonyl (C=O) groups excluding carboxylic acids is 2. The topological polar surface area (TPSA) is 75.6 Å². The van der Waals surface area contributed by atoms with E-state index in [2.05, 4.69) is 9.97 Å². The first-order valence-electron chi connectivity index (χ1n) is 8.49. The largest absolute Gasteiger partial charge is 0.497 e. The second kappa shape index (κ2) is 7.11. The zero-order valence-corrected chi connectivity index (χ0v) is 15.4. The molecule has 0 radical (unpaired) electrons. The number of aryl methyl sites for hydroxylation is 2. The Morgan fingerprint density at radius 3 is 2.73 bits per heavy atom. The lowest BCUT2D eigenvalue weighted by molar-refractivity contribution is -0.124. The molecule has 26 heavy (non-hydrogen) atoms. The average molecular weight is 354 g/mol. The molecule has 2 aromatic rings. The number of piperazine rings is 1. The van der Waals surface area contributed by atoms with Gasteiger partial charge in [0.1, 0.15) is 17.6 Å². The van der Waals surface area contributed by atoms with Crippen molar-refractivity contribution >= 4 is 17.5 Å². The third-order valence-corrected chi connectivity index (χ3v) is 4.61. The van der Waals surface area contributed by atoms with E-state index in [-0.39, 0.29) is 11.8 Å². The number of hydrogen-bond acceptors (Lipinski definition) is 5. The molecule has 0 saturated carbocycles. The lowest BCUT2D eigenvalue weighted by atomic mass is 10.1. The van der Waals surface area contributed by atoms with E-state index in [0.717, 1.165) is 5.69 Å². The Morgan fingerprint density at radius 1 is 1.27 bits per heavy atom. The third kappa shape index (κ3) is 3.24. The Hall–Kier alpha value is -2.96. The van der Waals surface area contributed by atoms with Crippen molar-refractivity contribution in [3.05, 3.63) is 47.5 Å². The number of benzene rings is 1. The van der Waals surface area contributed by atoms with E-state index in [1.54, 1.807) is 37.7 Å². The highest BCUT2D eigenvalue weighted by Crippen LogP contribution is 2.25. The van der Waals surface area contributed by atoms with Crippen LogP contribution in [0.3, 0.4) is 0 Å².